The number of ether oxygens (including phenoxy) is 6. The number of hydrogen-bond donors (Lipinski definition) is 11. The van der Waals surface area contributed by atoms with Crippen LogP contribution in [0.25, 0.3) is 49.3 Å². The number of carbonyl (C=O) groups is 6. The lowest BCUT2D eigenvalue weighted by Crippen LogP contribution is -2.62. The van der Waals surface area contributed by atoms with Crippen LogP contribution in [0.2, 0.25) is 0 Å². The average molecular weight is 1430 g/mol. The molecule has 12 bridgehead atoms. The lowest BCUT2D eigenvalue weighted by molar-refractivity contribution is -0.280. The van der Waals surface area contributed by atoms with Crippen LogP contribution in [0.1, 0.15) is 120 Å². The first kappa shape index (κ1) is 68.6. The van der Waals surface area contributed by atoms with E-state index in [0.29, 0.717) is 16.0 Å². The first-order valence-electron chi connectivity index (χ1n) is 30.1. The summed E-state index contributed by atoms with van der Waals surface area (Å²) in [6, 6.07) is 0.889. The molecular weight excluding hydrogens is 1360 g/mol. The molecule has 12 rings (SSSR count). The Morgan fingerprint density at radius 2 is 1.53 bits per heavy atom. The number of allylic oxidation sites excluding steroid dienone is 1. The maximum absolute atomic E-state index is 15.2. The predicted octanol–water partition coefficient (Wildman–Crippen LogP) is 3.61. The number of nitrogens with zero attached hydrogens (tertiary/aromatic N) is 8. The molecule has 11 heterocycles. The number of aromatic hydroxyl groups is 1. The van der Waals surface area contributed by atoms with Crippen LogP contribution in [-0.2, 0) is 57.8 Å². The Balaban J connectivity index is 1.03. The van der Waals surface area contributed by atoms with E-state index in [1.165, 1.54) is 49.2 Å². The van der Waals surface area contributed by atoms with Gasteiger partial charge in [-0.25, -0.2) is 39.5 Å². The number of cyclic esters (lactones) is 2. The van der Waals surface area contributed by atoms with Crippen molar-refractivity contribution in [2.24, 2.45) is 0 Å². The van der Waals surface area contributed by atoms with Crippen molar-refractivity contribution in [3.05, 3.63) is 112 Å². The van der Waals surface area contributed by atoms with E-state index in [9.17, 15) is 45.1 Å². The first-order valence-corrected chi connectivity index (χ1v) is 34.5. The highest BCUT2D eigenvalue weighted by Gasteiger charge is 2.50. The summed E-state index contributed by atoms with van der Waals surface area (Å²) in [5.74, 6) is -6.10. The number of carbonyl (C=O) groups excluding carboxylic acids is 6. The van der Waals surface area contributed by atoms with E-state index in [2.05, 4.69) is 41.5 Å². The number of fused-ring (bicyclic) bond motifs is 15. The minimum absolute atomic E-state index is 0.00116. The second-order valence-corrected chi connectivity index (χ2v) is 28.0. The molecule has 36 heteroatoms. The molecule has 1 saturated heterocycles. The molecule has 97 heavy (non-hydrogen) atoms. The summed E-state index contributed by atoms with van der Waals surface area (Å²) in [5, 5.41) is 88.5. The van der Waals surface area contributed by atoms with Gasteiger partial charge in [-0.2, -0.15) is 4.73 Å². The Morgan fingerprint density at radius 1 is 0.845 bits per heavy atom. The van der Waals surface area contributed by atoms with Gasteiger partial charge < -0.3 is 90.6 Å². The molecule has 4 amide bonds. The summed E-state index contributed by atoms with van der Waals surface area (Å²) < 4.78 is 38.3. The molecule has 1 fully saturated rings. The van der Waals surface area contributed by atoms with Crippen LogP contribution < -0.4 is 26.6 Å². The molecule has 1 unspecified atom stereocenters. The summed E-state index contributed by atoms with van der Waals surface area (Å²) >= 11 is 4.86. The van der Waals surface area contributed by atoms with Gasteiger partial charge in [0.25, 0.3) is 17.7 Å². The van der Waals surface area contributed by atoms with Crippen LogP contribution in [0.15, 0.2) is 56.9 Å². The molecule has 4 aliphatic heterocycles. The quantitative estimate of drug-likeness (QED) is 0.0500. The number of amides is 4. The number of benzene rings is 1. The van der Waals surface area contributed by atoms with E-state index in [4.69, 9.17) is 43.4 Å². The number of rotatable bonds is 11. The van der Waals surface area contributed by atoms with Gasteiger partial charge in [-0.1, -0.05) is 12.1 Å². The first-order chi connectivity index (χ1) is 46.4. The zero-order valence-corrected chi connectivity index (χ0v) is 56.7. The summed E-state index contributed by atoms with van der Waals surface area (Å²) in [6.45, 7) is 4.14. The van der Waals surface area contributed by atoms with Crippen molar-refractivity contribution < 1.29 is 87.9 Å². The number of methoxy groups -OCH3 is 1. The van der Waals surface area contributed by atoms with Crippen LogP contribution in [0.3, 0.4) is 0 Å². The van der Waals surface area contributed by atoms with Crippen molar-refractivity contribution in [3.63, 3.8) is 0 Å². The average Bonchev–Trinajstić information content (AvgIpc) is 1.64. The van der Waals surface area contributed by atoms with Crippen molar-refractivity contribution in [1.29, 1.82) is 0 Å². The fraction of sp³-hybridized carbons (Fsp3) is 0.410. The minimum atomic E-state index is -1.90. The molecule has 11 N–H and O–H groups in total. The van der Waals surface area contributed by atoms with Crippen LogP contribution in [0.4, 0.5) is 0 Å². The molecule has 31 nitrogen and oxygen atoms in total. The van der Waals surface area contributed by atoms with Crippen molar-refractivity contribution in [2.75, 3.05) is 41.0 Å². The SMILES string of the molecule is CO/C(C)=C1/NC(=O)[C@H]([C@@H](C)O)NC(=O)c2csc(n2)-c2cc(O)c(-c3nc(CNCC(O)CO)cs3)nc2-c2csc(n2)[C@@H]2COC(=O)c3c4c5c(cccc5n3O)COC(=O)[C@@H](O[C@H]3C[C@](C)(O)[C@H](N(C)C)[C@H](C)O3)[C@@H](OC4)[C@H](NC(=O)c3csc1n3)c1nc(cs1)C(=O)N2. The number of aliphatic hydroxyl groups is 4. The largest absolute Gasteiger partial charge is 0.506 e. The maximum atomic E-state index is 15.2. The molecule has 8 aromatic rings. The van der Waals surface area contributed by atoms with Gasteiger partial charge in [0.2, 0.25) is 5.91 Å². The van der Waals surface area contributed by atoms with Crippen LogP contribution in [0.5, 0.6) is 5.75 Å². The minimum Gasteiger partial charge on any atom is -0.506 e. The molecule has 11 atom stereocenters. The van der Waals surface area contributed by atoms with Gasteiger partial charge in [0.1, 0.15) is 114 Å². The molecule has 512 valence electrons. The third-order valence-corrected chi connectivity index (χ3v) is 21.0. The Labute approximate surface area is 571 Å². The lowest BCUT2D eigenvalue weighted by atomic mass is 9.85. The predicted molar refractivity (Wildman–Crippen MR) is 349 cm³/mol. The summed E-state index contributed by atoms with van der Waals surface area (Å²) in [7, 11) is 4.87. The zero-order chi connectivity index (χ0) is 68.9. The molecule has 0 spiro atoms. The Morgan fingerprint density at radius 3 is 2.26 bits per heavy atom. The van der Waals surface area contributed by atoms with E-state index in [1.807, 2.05) is 0 Å². The standard InChI is InChI=1S/C61H65N13O18S5/c1-24(76)41-53(82)71-42(25(2)87-7)56-67-36(23-96-56)52(81)72-45-47-48(92-39-12-61(4,85)49(73(5)6)26(3)91-39)60(84)89-16-27-9-8-10-37-40(27)31(17-88-47)46(74(37)86)59(83)90-18-32(64-50(79)34-22-97-58(45)68-34)55-65-33(20-95-55)43-30(54-66-35(21-94-54)51(80)70-41)11-38(78)44(69-43)57-63-28(19-93-57)13-62-14-29(77)15-75/h8-11,19-24,26,29,32,39,41,45,47-49,62,75-78,85-86H,12-18H2,1-7H3,(H,64,79)(H,70,80)(H,71,82)(H,72,81)/b42-25+/t24-,26+,29?,32+,39+,41+,45+,47+,48+,49-,61+/m1/s1. The highest BCUT2D eigenvalue weighted by molar-refractivity contribution is 7.14. The summed E-state index contributed by atoms with van der Waals surface area (Å²) in [4.78, 5) is 119. The van der Waals surface area contributed by atoms with E-state index in [1.54, 1.807) is 55.7 Å². The fourth-order valence-corrected chi connectivity index (χ4v) is 16.1. The van der Waals surface area contributed by atoms with Crippen molar-refractivity contribution >= 4 is 109 Å². The van der Waals surface area contributed by atoms with E-state index >= 15 is 14.4 Å². The number of esters is 2. The Kier molecular flexibility index (Phi) is 20.0. The number of aliphatic hydroxyl groups excluding tert-OH is 3. The molecular formula is C61H65N13O18S5. The topological polar surface area (TPSA) is 425 Å². The monoisotopic (exact) mass is 1430 g/mol. The summed E-state index contributed by atoms with van der Waals surface area (Å²) in [5.41, 5.74) is -1.49. The van der Waals surface area contributed by atoms with Crippen molar-refractivity contribution in [2.45, 2.75) is 120 Å². The maximum Gasteiger partial charge on any atom is 0.358 e. The molecule has 0 aliphatic carbocycles. The molecule has 0 radical (unpaired) electrons. The van der Waals surface area contributed by atoms with Gasteiger partial charge in [-0.3, -0.25) is 19.2 Å². The van der Waals surface area contributed by atoms with Crippen LogP contribution in [0, 0.1) is 0 Å². The molecule has 4 aliphatic rings. The number of nitrogens with one attached hydrogen (secondary N) is 5. The zero-order valence-electron chi connectivity index (χ0n) is 52.6. The number of likely N-dealkylation sites (N-methyl/N-ethyl adjacent to an activating group) is 1. The summed E-state index contributed by atoms with van der Waals surface area (Å²) in [6.07, 6.45) is -8.48. The normalized spacial score (nSPS) is 24.7. The highest BCUT2D eigenvalue weighted by atomic mass is 32.1. The van der Waals surface area contributed by atoms with Gasteiger partial charge in [0.05, 0.1) is 61.5 Å². The van der Waals surface area contributed by atoms with Gasteiger partial charge in [0, 0.05) is 62.9 Å². The van der Waals surface area contributed by atoms with Crippen LogP contribution >= 0.6 is 56.7 Å². The van der Waals surface area contributed by atoms with E-state index in [-0.39, 0.29) is 118 Å². The van der Waals surface area contributed by atoms with E-state index < -0.39 is 134 Å². The van der Waals surface area contributed by atoms with Gasteiger partial charge in [-0.05, 0) is 59.5 Å². The number of thiazole rings is 5. The second kappa shape index (κ2) is 28.2. The molecule has 7 aromatic heterocycles. The van der Waals surface area contributed by atoms with Crippen molar-refractivity contribution in [3.8, 4) is 38.4 Å². The van der Waals surface area contributed by atoms with Gasteiger partial charge in [0.15, 0.2) is 18.1 Å². The number of aromatic nitrogens is 7. The Bertz CT molecular complexity index is 4380. The second-order valence-electron chi connectivity index (χ2n) is 23.6. The van der Waals surface area contributed by atoms with Gasteiger partial charge in [-0.15, -0.1) is 56.7 Å². The van der Waals surface area contributed by atoms with E-state index in [0.717, 1.165) is 56.7 Å². The third kappa shape index (κ3) is 14.0. The Hall–Kier alpha value is -8.34. The smallest absolute Gasteiger partial charge is 0.358 e. The fourth-order valence-electron chi connectivity index (χ4n) is 11.9. The van der Waals surface area contributed by atoms with Gasteiger partial charge >= 0.3 is 11.9 Å². The molecule has 0 saturated carbocycles. The van der Waals surface area contributed by atoms with Crippen LogP contribution in [-0.4, -0.2) is 201 Å². The van der Waals surface area contributed by atoms with Crippen molar-refractivity contribution in [1.82, 2.24) is 66.1 Å². The highest BCUT2D eigenvalue weighted by Crippen LogP contribution is 2.43. The third-order valence-electron chi connectivity index (χ3n) is 16.5. The number of hydrogen-bond acceptors (Lipinski definition) is 31. The lowest BCUT2D eigenvalue weighted by Gasteiger charge is -2.48. The number of pyridine rings is 1. The molecule has 1 aromatic carbocycles.